The van der Waals surface area contributed by atoms with Gasteiger partial charge in [-0.1, -0.05) is 103 Å². The quantitative estimate of drug-likeness (QED) is 0.0429. The maximum absolute atomic E-state index is 12.1. The first kappa shape index (κ1) is 53.3. The first-order chi connectivity index (χ1) is 18.0. The van der Waals surface area contributed by atoms with Crippen LogP contribution in [0, 0.1) is 5.92 Å². The molecule has 42 heavy (non-hydrogen) atoms. The van der Waals surface area contributed by atoms with Crippen LogP contribution in [-0.4, -0.2) is 184 Å². The second-order valence-electron chi connectivity index (χ2n) is 9.59. The molecule has 0 saturated carbocycles. The summed E-state index contributed by atoms with van der Waals surface area (Å²) in [7, 11) is -5.01. The molecule has 230 valence electrons. The number of carboxylic acids is 2. The Hall–Kier alpha value is 1.79. The van der Waals surface area contributed by atoms with E-state index < -0.39 is 58.2 Å². The van der Waals surface area contributed by atoms with Gasteiger partial charge in [0.05, 0.1) is 13.0 Å². The van der Waals surface area contributed by atoms with Gasteiger partial charge >= 0.3 is 142 Å². The van der Waals surface area contributed by atoms with Crippen LogP contribution in [0.4, 0.5) is 0 Å². The van der Waals surface area contributed by atoms with Crippen molar-refractivity contribution in [2.45, 2.75) is 121 Å². The van der Waals surface area contributed by atoms with Gasteiger partial charge in [-0.2, -0.15) is 8.42 Å². The van der Waals surface area contributed by atoms with Crippen LogP contribution < -0.4 is 0 Å². The maximum atomic E-state index is 12.1. The van der Waals surface area contributed by atoms with Crippen molar-refractivity contribution in [3.8, 4) is 0 Å². The van der Waals surface area contributed by atoms with E-state index in [2.05, 4.69) is 11.7 Å². The van der Waals surface area contributed by atoms with Crippen LogP contribution in [0.5, 0.6) is 0 Å². The minimum atomic E-state index is -5.01. The van der Waals surface area contributed by atoms with E-state index in [0.717, 1.165) is 25.7 Å². The average Bonchev–Trinajstić information content (AvgIpc) is 2.83. The van der Waals surface area contributed by atoms with E-state index in [1.165, 1.54) is 70.6 Å². The molecular weight excluding hydrogens is 612 g/mol. The molecular formula is C26H50Na4O11S. The normalized spacial score (nSPS) is 11.1. The number of aliphatic carboxylic acids is 2. The molecule has 0 spiro atoms. The van der Waals surface area contributed by atoms with Gasteiger partial charge in [0.2, 0.25) is 0 Å². The van der Waals surface area contributed by atoms with E-state index in [-0.39, 0.29) is 125 Å². The fraction of sp³-hybridized carbons (Fsp3) is 0.846. The Morgan fingerprint density at radius 3 is 1.31 bits per heavy atom. The molecule has 0 fully saturated rings. The first-order valence-electron chi connectivity index (χ1n) is 13.7. The summed E-state index contributed by atoms with van der Waals surface area (Å²) in [5.41, 5.74) is 0. The number of carbonyl (C=O) groups excluding carboxylic acids is 2. The van der Waals surface area contributed by atoms with Crippen LogP contribution in [0.2, 0.25) is 0 Å². The molecule has 0 heterocycles. The Bertz CT molecular complexity index is 800. The number of carboxylic acid groups (broad SMARTS) is 2. The minimum absolute atomic E-state index is 0. The molecule has 0 aliphatic carbocycles. The summed E-state index contributed by atoms with van der Waals surface area (Å²) < 4.78 is 41.6. The van der Waals surface area contributed by atoms with Gasteiger partial charge in [-0.05, 0) is 6.42 Å². The first-order valence-corrected chi connectivity index (χ1v) is 15.2. The average molecular weight is 663 g/mol. The molecule has 11 nitrogen and oxygen atoms in total. The molecule has 0 radical (unpaired) electrons. The molecule has 0 aliphatic rings. The Morgan fingerprint density at radius 2 is 0.976 bits per heavy atom. The Labute approximate surface area is 340 Å². The van der Waals surface area contributed by atoms with Gasteiger partial charge in [-0.15, -0.1) is 0 Å². The van der Waals surface area contributed by atoms with Crippen molar-refractivity contribution in [3.63, 3.8) is 0 Å². The number of carbonyl (C=O) groups is 4. The standard InChI is InChI=1S/C26H46O11S.4Na.4H/c1-2-3-4-5-6-7-8-9-10-11-12-13-14-15-16-17-18-36-26(32)22(38(33,34)35)19-23(27)37-20-21(24(28)29)25(30)31;;;;;;;;/h21-22H,2-20H2,1H3,(H,28,29)(H,30,31)(H,33,34,35);;;;;;;;. The van der Waals surface area contributed by atoms with E-state index in [9.17, 15) is 32.1 Å². The predicted molar refractivity (Wildman–Crippen MR) is 169 cm³/mol. The Kier molecular flexibility index (Phi) is 43.3. The van der Waals surface area contributed by atoms with Gasteiger partial charge in [-0.25, -0.2) is 0 Å². The Morgan fingerprint density at radius 1 is 0.619 bits per heavy atom. The van der Waals surface area contributed by atoms with E-state index in [0.29, 0.717) is 6.42 Å². The predicted octanol–water partition coefficient (Wildman–Crippen LogP) is 2.17. The third kappa shape index (κ3) is 30.4. The van der Waals surface area contributed by atoms with Crippen molar-refractivity contribution < 1.29 is 51.8 Å². The van der Waals surface area contributed by atoms with Crippen molar-refractivity contribution in [3.05, 3.63) is 0 Å². The van der Waals surface area contributed by atoms with Gasteiger partial charge in [0.25, 0.3) is 10.1 Å². The fourth-order valence-corrected chi connectivity index (χ4v) is 4.52. The molecule has 1 atom stereocenters. The van der Waals surface area contributed by atoms with Gasteiger partial charge < -0.3 is 19.7 Å². The summed E-state index contributed by atoms with van der Waals surface area (Å²) in [6, 6.07) is 0. The molecule has 0 amide bonds. The molecule has 0 saturated heterocycles. The zero-order valence-corrected chi connectivity index (χ0v) is 23.4. The molecule has 0 aromatic rings. The van der Waals surface area contributed by atoms with Gasteiger partial charge in [0.1, 0.15) is 6.61 Å². The summed E-state index contributed by atoms with van der Waals surface area (Å²) in [6.07, 6.45) is 17.6. The molecule has 0 rings (SSSR count). The number of unbranched alkanes of at least 4 members (excludes halogenated alkanes) is 15. The van der Waals surface area contributed by atoms with Crippen LogP contribution in [0.15, 0.2) is 0 Å². The molecule has 1 unspecified atom stereocenters. The van der Waals surface area contributed by atoms with Crippen LogP contribution in [0.1, 0.15) is 116 Å². The molecule has 0 aromatic heterocycles. The van der Waals surface area contributed by atoms with Crippen LogP contribution >= 0.6 is 0 Å². The fourth-order valence-electron chi connectivity index (χ4n) is 3.86. The molecule has 0 bridgehead atoms. The summed E-state index contributed by atoms with van der Waals surface area (Å²) in [4.78, 5) is 45.5. The van der Waals surface area contributed by atoms with Gasteiger partial charge in [0.15, 0.2) is 11.2 Å². The molecule has 3 N–H and O–H groups in total. The van der Waals surface area contributed by atoms with E-state index >= 15 is 0 Å². The molecule has 0 aliphatic heterocycles. The molecule has 0 aromatic carbocycles. The van der Waals surface area contributed by atoms with Gasteiger partial charge in [0, 0.05) is 0 Å². The van der Waals surface area contributed by atoms with E-state index in [4.69, 9.17) is 14.9 Å². The summed E-state index contributed by atoms with van der Waals surface area (Å²) in [6.45, 7) is 1.08. The number of hydrogen-bond donors (Lipinski definition) is 3. The summed E-state index contributed by atoms with van der Waals surface area (Å²) in [5, 5.41) is 15.3. The summed E-state index contributed by atoms with van der Waals surface area (Å²) in [5.74, 6) is -8.26. The monoisotopic (exact) mass is 662 g/mol. The van der Waals surface area contributed by atoms with Gasteiger partial charge in [-0.3, -0.25) is 23.7 Å². The van der Waals surface area contributed by atoms with Crippen molar-refractivity contribution in [1.29, 1.82) is 0 Å². The van der Waals surface area contributed by atoms with Crippen molar-refractivity contribution in [1.82, 2.24) is 0 Å². The number of rotatable bonds is 25. The van der Waals surface area contributed by atoms with Crippen LogP contribution in [0.3, 0.4) is 0 Å². The van der Waals surface area contributed by atoms with Crippen molar-refractivity contribution in [2.24, 2.45) is 5.92 Å². The van der Waals surface area contributed by atoms with Crippen LogP contribution in [-0.2, 0) is 38.8 Å². The second-order valence-corrected chi connectivity index (χ2v) is 11.2. The second kappa shape index (κ2) is 34.1. The Balaban J connectivity index is -0.00000114. The zero-order valence-electron chi connectivity index (χ0n) is 22.6. The van der Waals surface area contributed by atoms with Crippen molar-refractivity contribution in [2.75, 3.05) is 13.2 Å². The number of esters is 2. The van der Waals surface area contributed by atoms with Crippen molar-refractivity contribution >= 4 is 152 Å². The zero-order chi connectivity index (χ0) is 28.8. The van der Waals surface area contributed by atoms with E-state index in [1.54, 1.807) is 0 Å². The third-order valence-electron chi connectivity index (χ3n) is 6.22. The SMILES string of the molecule is CCCCCCCCCCCCCCCCCCOC(=O)C(CC(=O)OCC(C(=O)O)C(=O)O)S(=O)(=O)O.[NaH].[NaH].[NaH].[NaH]. The number of ether oxygens (including phenoxy) is 2. The molecule has 16 heteroatoms. The third-order valence-corrected chi connectivity index (χ3v) is 7.30. The number of hydrogen-bond acceptors (Lipinski definition) is 8. The topological polar surface area (TPSA) is 182 Å². The summed E-state index contributed by atoms with van der Waals surface area (Å²) >= 11 is 0. The van der Waals surface area contributed by atoms with Crippen LogP contribution in [0.25, 0.3) is 0 Å². The van der Waals surface area contributed by atoms with E-state index in [1.807, 2.05) is 0 Å².